The molecule has 5 heterocycles. The summed E-state index contributed by atoms with van der Waals surface area (Å²) < 4.78 is 6.23. The SMILES string of the molecule is c1ccc(-c2nc3ccc(-c4cc(-c5cnc6c(ccc7cccnc76)c5)cc(-c5cnc6cccnc6c5)c4)cc3o2)cc1. The summed E-state index contributed by atoms with van der Waals surface area (Å²) in [6.07, 6.45) is 7.46. The lowest BCUT2D eigenvalue weighted by atomic mass is 9.93. The minimum atomic E-state index is 0.608. The van der Waals surface area contributed by atoms with Crippen molar-refractivity contribution in [3.05, 3.63) is 140 Å². The van der Waals surface area contributed by atoms with Crippen LogP contribution in [0.1, 0.15) is 0 Å². The highest BCUT2D eigenvalue weighted by Gasteiger charge is 2.14. The summed E-state index contributed by atoms with van der Waals surface area (Å²) >= 11 is 0. The molecule has 5 aromatic heterocycles. The number of oxazole rings is 1. The molecule has 9 rings (SSSR count). The van der Waals surface area contributed by atoms with Crippen molar-refractivity contribution in [2.24, 2.45) is 0 Å². The minimum Gasteiger partial charge on any atom is -0.436 e. The highest BCUT2D eigenvalue weighted by Crippen LogP contribution is 2.36. The van der Waals surface area contributed by atoms with Gasteiger partial charge in [-0.25, -0.2) is 4.98 Å². The molecule has 0 saturated carbocycles. The van der Waals surface area contributed by atoms with Crippen LogP contribution < -0.4 is 0 Å². The van der Waals surface area contributed by atoms with E-state index in [-0.39, 0.29) is 0 Å². The molecule has 0 radical (unpaired) electrons. The van der Waals surface area contributed by atoms with Gasteiger partial charge in [-0.3, -0.25) is 19.9 Å². The smallest absolute Gasteiger partial charge is 0.227 e. The first-order chi connectivity index (χ1) is 22.2. The number of nitrogens with zero attached hydrogens (tertiary/aromatic N) is 5. The first-order valence-corrected chi connectivity index (χ1v) is 14.7. The fourth-order valence-electron chi connectivity index (χ4n) is 5.94. The van der Waals surface area contributed by atoms with E-state index in [1.165, 1.54) is 0 Å². The minimum absolute atomic E-state index is 0.608. The zero-order valence-electron chi connectivity index (χ0n) is 23.9. The quantitative estimate of drug-likeness (QED) is 0.194. The molecule has 0 aliphatic rings. The predicted molar refractivity (Wildman–Crippen MR) is 179 cm³/mol. The third-order valence-corrected chi connectivity index (χ3v) is 8.22. The van der Waals surface area contributed by atoms with E-state index >= 15 is 0 Å². The molecule has 45 heavy (non-hydrogen) atoms. The van der Waals surface area contributed by atoms with E-state index in [2.05, 4.69) is 70.6 Å². The van der Waals surface area contributed by atoms with E-state index in [1.807, 2.05) is 73.2 Å². The van der Waals surface area contributed by atoms with Gasteiger partial charge in [0.1, 0.15) is 5.52 Å². The Morgan fingerprint density at radius 2 is 1.13 bits per heavy atom. The van der Waals surface area contributed by atoms with Gasteiger partial charge in [0.15, 0.2) is 5.58 Å². The topological polar surface area (TPSA) is 77.6 Å². The van der Waals surface area contributed by atoms with E-state index in [0.29, 0.717) is 5.89 Å². The third-order valence-electron chi connectivity index (χ3n) is 8.22. The van der Waals surface area contributed by atoms with Gasteiger partial charge in [0, 0.05) is 52.3 Å². The molecule has 9 aromatic rings. The van der Waals surface area contributed by atoms with Gasteiger partial charge < -0.3 is 4.42 Å². The van der Waals surface area contributed by atoms with Crippen LogP contribution in [-0.4, -0.2) is 24.9 Å². The Bertz CT molecular complexity index is 2560. The number of pyridine rings is 4. The lowest BCUT2D eigenvalue weighted by Gasteiger charge is -2.12. The maximum atomic E-state index is 6.23. The number of hydrogen-bond donors (Lipinski definition) is 0. The van der Waals surface area contributed by atoms with Crippen molar-refractivity contribution >= 4 is 43.9 Å². The van der Waals surface area contributed by atoms with Gasteiger partial charge in [0.2, 0.25) is 5.89 Å². The Morgan fingerprint density at radius 3 is 2.02 bits per heavy atom. The summed E-state index contributed by atoms with van der Waals surface area (Å²) in [5, 5.41) is 2.11. The van der Waals surface area contributed by atoms with Crippen molar-refractivity contribution in [3.8, 4) is 44.8 Å². The van der Waals surface area contributed by atoms with Gasteiger partial charge in [0.05, 0.1) is 22.1 Å². The maximum absolute atomic E-state index is 6.23. The molecular weight excluding hydrogens is 554 g/mol. The van der Waals surface area contributed by atoms with Crippen molar-refractivity contribution in [1.82, 2.24) is 24.9 Å². The molecular formula is C39H23N5O. The zero-order valence-corrected chi connectivity index (χ0v) is 23.9. The number of hydrogen-bond acceptors (Lipinski definition) is 6. The van der Waals surface area contributed by atoms with Crippen molar-refractivity contribution < 1.29 is 4.42 Å². The Kier molecular flexibility index (Phi) is 5.71. The molecule has 0 unspecified atom stereocenters. The molecule has 6 heteroatoms. The molecule has 6 nitrogen and oxygen atoms in total. The summed E-state index contributed by atoms with van der Waals surface area (Å²) in [4.78, 5) is 23.5. The molecule has 0 aliphatic carbocycles. The van der Waals surface area contributed by atoms with Crippen molar-refractivity contribution in [2.75, 3.05) is 0 Å². The molecule has 0 aliphatic heterocycles. The molecule has 0 saturated heterocycles. The lowest BCUT2D eigenvalue weighted by molar-refractivity contribution is 0.620. The Labute approximate surface area is 257 Å². The molecule has 210 valence electrons. The van der Waals surface area contributed by atoms with Crippen molar-refractivity contribution in [2.45, 2.75) is 0 Å². The molecule has 0 amide bonds. The monoisotopic (exact) mass is 577 g/mol. The van der Waals surface area contributed by atoms with Gasteiger partial charge in [-0.15, -0.1) is 0 Å². The standard InChI is InChI=1S/C39H23N5O/c1-2-6-25(7-3-1)39-44-34-13-12-26(21-36(34)45-39)28-17-29(19-30(18-28)32-20-35-33(42-22-32)9-5-14-40-35)31-16-27-11-10-24-8-4-15-41-37(24)38(27)43-23-31/h1-23H. The second-order valence-electron chi connectivity index (χ2n) is 11.1. The molecule has 0 bridgehead atoms. The normalized spacial score (nSPS) is 11.6. The third kappa shape index (κ3) is 4.48. The summed E-state index contributed by atoms with van der Waals surface area (Å²) in [7, 11) is 0. The van der Waals surface area contributed by atoms with Crippen LogP contribution in [0.3, 0.4) is 0 Å². The van der Waals surface area contributed by atoms with E-state index in [9.17, 15) is 0 Å². The van der Waals surface area contributed by atoms with Gasteiger partial charge >= 0.3 is 0 Å². The van der Waals surface area contributed by atoms with Crippen LogP contribution in [0.15, 0.2) is 144 Å². The molecule has 0 N–H and O–H groups in total. The fourth-order valence-corrected chi connectivity index (χ4v) is 5.94. The Morgan fingerprint density at radius 1 is 0.400 bits per heavy atom. The van der Waals surface area contributed by atoms with Crippen molar-refractivity contribution in [1.29, 1.82) is 0 Å². The average Bonchev–Trinajstić information content (AvgIpc) is 3.55. The van der Waals surface area contributed by atoms with Gasteiger partial charge in [-0.05, 0) is 95.1 Å². The first kappa shape index (κ1) is 25.2. The van der Waals surface area contributed by atoms with Crippen LogP contribution in [0.4, 0.5) is 0 Å². The van der Waals surface area contributed by atoms with Crippen molar-refractivity contribution in [3.63, 3.8) is 0 Å². The molecule has 0 spiro atoms. The second kappa shape index (κ2) is 10.2. The van der Waals surface area contributed by atoms with Crippen LogP contribution in [0.2, 0.25) is 0 Å². The fraction of sp³-hybridized carbons (Fsp3) is 0. The second-order valence-corrected chi connectivity index (χ2v) is 11.1. The van der Waals surface area contributed by atoms with E-state index in [1.54, 1.807) is 6.20 Å². The Balaban J connectivity index is 1.21. The van der Waals surface area contributed by atoms with Crippen LogP contribution in [0.25, 0.3) is 88.8 Å². The van der Waals surface area contributed by atoms with E-state index in [4.69, 9.17) is 19.4 Å². The van der Waals surface area contributed by atoms with Crippen LogP contribution in [-0.2, 0) is 0 Å². The molecule has 4 aromatic carbocycles. The summed E-state index contributed by atoms with van der Waals surface area (Å²) in [5.74, 6) is 0.608. The highest BCUT2D eigenvalue weighted by molar-refractivity contribution is 6.03. The number of fused-ring (bicyclic) bond motifs is 5. The van der Waals surface area contributed by atoms with Crippen LogP contribution in [0.5, 0.6) is 0 Å². The predicted octanol–water partition coefficient (Wildman–Crippen LogP) is 9.54. The molecule has 0 atom stereocenters. The highest BCUT2D eigenvalue weighted by atomic mass is 16.3. The van der Waals surface area contributed by atoms with Crippen LogP contribution >= 0.6 is 0 Å². The van der Waals surface area contributed by atoms with Gasteiger partial charge in [0.25, 0.3) is 0 Å². The Hall–Kier alpha value is -6.27. The average molecular weight is 578 g/mol. The molecule has 0 fully saturated rings. The summed E-state index contributed by atoms with van der Waals surface area (Å²) in [5.41, 5.74) is 12.2. The summed E-state index contributed by atoms with van der Waals surface area (Å²) in [6.45, 7) is 0. The van der Waals surface area contributed by atoms with Gasteiger partial charge in [-0.1, -0.05) is 42.5 Å². The number of rotatable bonds is 4. The largest absolute Gasteiger partial charge is 0.436 e. The van der Waals surface area contributed by atoms with Gasteiger partial charge in [-0.2, -0.15) is 0 Å². The number of aromatic nitrogens is 5. The zero-order chi connectivity index (χ0) is 29.7. The van der Waals surface area contributed by atoms with E-state index in [0.717, 1.165) is 82.9 Å². The first-order valence-electron chi connectivity index (χ1n) is 14.7. The maximum Gasteiger partial charge on any atom is 0.227 e. The summed E-state index contributed by atoms with van der Waals surface area (Å²) in [6, 6.07) is 39.1. The lowest BCUT2D eigenvalue weighted by Crippen LogP contribution is -1.90. The number of benzene rings is 4. The van der Waals surface area contributed by atoms with Crippen LogP contribution in [0, 0.1) is 0 Å². The van der Waals surface area contributed by atoms with E-state index < -0.39 is 0 Å².